The van der Waals surface area contributed by atoms with E-state index in [-0.39, 0.29) is 11.5 Å². The molecular formula is C23H24ClN3O2S. The molecule has 2 aromatic rings. The second-order valence-electron chi connectivity index (χ2n) is 7.54. The van der Waals surface area contributed by atoms with Crippen LogP contribution in [0.2, 0.25) is 5.02 Å². The van der Waals surface area contributed by atoms with Crippen molar-refractivity contribution in [1.29, 1.82) is 0 Å². The van der Waals surface area contributed by atoms with Gasteiger partial charge in [0.1, 0.15) is 11.4 Å². The number of halogens is 1. The van der Waals surface area contributed by atoms with Crippen molar-refractivity contribution in [3.63, 3.8) is 0 Å². The van der Waals surface area contributed by atoms with Crippen LogP contribution in [0.15, 0.2) is 53.5 Å². The lowest BCUT2D eigenvalue weighted by Crippen LogP contribution is -2.55. The van der Waals surface area contributed by atoms with Crippen molar-refractivity contribution in [2.45, 2.75) is 44.6 Å². The topological polar surface area (TPSA) is 53.9 Å². The molecule has 0 atom stereocenters. The van der Waals surface area contributed by atoms with Gasteiger partial charge in [0, 0.05) is 5.69 Å². The number of benzene rings is 2. The maximum absolute atomic E-state index is 11.9. The number of carbonyl (C=O) groups is 1. The van der Waals surface area contributed by atoms with Crippen LogP contribution >= 0.6 is 23.8 Å². The standard InChI is InChI=1S/C23H24ClN3O2S/c1-2-29-20(28)16-10-12-17(13-11-16)25-21-23(14-6-3-7-15-23)27(22(30)26-21)19-9-5-4-8-18(19)24/h4-5,8-13H,2-3,6-7,14-15H2,1H3,(H,25,26,30). The molecule has 1 fully saturated rings. The highest BCUT2D eigenvalue weighted by Gasteiger charge is 2.49. The van der Waals surface area contributed by atoms with Crippen molar-refractivity contribution >= 4 is 52.1 Å². The molecule has 0 radical (unpaired) electrons. The van der Waals surface area contributed by atoms with Crippen molar-refractivity contribution in [2.75, 3.05) is 16.8 Å². The number of hydrogen-bond donors (Lipinski definition) is 1. The van der Waals surface area contributed by atoms with E-state index in [0.29, 0.717) is 22.3 Å². The second-order valence-corrected chi connectivity index (χ2v) is 8.32. The normalized spacial score (nSPS) is 17.7. The smallest absolute Gasteiger partial charge is 0.338 e. The number of thiocarbonyl (C=S) groups is 1. The van der Waals surface area contributed by atoms with Crippen LogP contribution in [0.3, 0.4) is 0 Å². The van der Waals surface area contributed by atoms with Gasteiger partial charge in [-0.2, -0.15) is 0 Å². The summed E-state index contributed by atoms with van der Waals surface area (Å²) in [5, 5.41) is 4.67. The number of ether oxygens (including phenoxy) is 1. The summed E-state index contributed by atoms with van der Waals surface area (Å²) in [6.45, 7) is 2.15. The second kappa shape index (κ2) is 8.74. The summed E-state index contributed by atoms with van der Waals surface area (Å²) >= 11 is 12.2. The van der Waals surface area contributed by atoms with Crippen molar-refractivity contribution in [3.05, 3.63) is 59.1 Å². The van der Waals surface area contributed by atoms with E-state index in [0.717, 1.165) is 42.9 Å². The summed E-state index contributed by atoms with van der Waals surface area (Å²) < 4.78 is 5.06. The molecule has 1 aliphatic heterocycles. The highest BCUT2D eigenvalue weighted by molar-refractivity contribution is 7.80. The number of nitrogens with zero attached hydrogens (tertiary/aromatic N) is 2. The molecule has 30 heavy (non-hydrogen) atoms. The van der Waals surface area contributed by atoms with E-state index in [1.807, 2.05) is 36.4 Å². The monoisotopic (exact) mass is 441 g/mol. The van der Waals surface area contributed by atoms with Crippen molar-refractivity contribution in [2.24, 2.45) is 4.99 Å². The van der Waals surface area contributed by atoms with Crippen molar-refractivity contribution in [3.8, 4) is 0 Å². The van der Waals surface area contributed by atoms with Gasteiger partial charge < -0.3 is 15.0 Å². The Morgan fingerprint density at radius 3 is 2.53 bits per heavy atom. The maximum Gasteiger partial charge on any atom is 0.338 e. The molecular weight excluding hydrogens is 418 g/mol. The molecule has 0 aromatic heterocycles. The molecule has 5 nitrogen and oxygen atoms in total. The van der Waals surface area contributed by atoms with Gasteiger partial charge in [0.15, 0.2) is 0 Å². The Morgan fingerprint density at radius 1 is 1.17 bits per heavy atom. The first-order valence-electron chi connectivity index (χ1n) is 10.3. The number of rotatable bonds is 4. The van der Waals surface area contributed by atoms with Crippen LogP contribution in [0.25, 0.3) is 0 Å². The molecule has 0 saturated heterocycles. The zero-order chi connectivity index (χ0) is 21.1. The Bertz CT molecular complexity index is 984. The van der Waals surface area contributed by atoms with Gasteiger partial charge in [-0.25, -0.2) is 9.79 Å². The largest absolute Gasteiger partial charge is 0.462 e. The third-order valence-electron chi connectivity index (χ3n) is 5.70. The SMILES string of the molecule is CCOC(=O)c1ccc(NC2=NC(=S)N(c3ccccc3Cl)C23CCCCC3)cc1. The van der Waals surface area contributed by atoms with Crippen LogP contribution in [0, 0.1) is 0 Å². The summed E-state index contributed by atoms with van der Waals surface area (Å²) in [5.41, 5.74) is 1.94. The summed E-state index contributed by atoms with van der Waals surface area (Å²) in [5.74, 6) is 0.521. The number of hydrogen-bond acceptors (Lipinski definition) is 4. The van der Waals surface area contributed by atoms with Gasteiger partial charge >= 0.3 is 5.97 Å². The number of para-hydroxylation sites is 1. The minimum absolute atomic E-state index is 0.322. The fourth-order valence-corrected chi connectivity index (χ4v) is 4.87. The predicted molar refractivity (Wildman–Crippen MR) is 126 cm³/mol. The molecule has 0 unspecified atom stereocenters. The van der Waals surface area contributed by atoms with E-state index < -0.39 is 0 Å². The number of amidine groups is 1. The Morgan fingerprint density at radius 2 is 1.87 bits per heavy atom. The molecule has 0 bridgehead atoms. The van der Waals surface area contributed by atoms with E-state index >= 15 is 0 Å². The predicted octanol–water partition coefficient (Wildman–Crippen LogP) is 5.84. The molecule has 2 aromatic carbocycles. The Balaban J connectivity index is 1.64. The first kappa shape index (κ1) is 20.8. The van der Waals surface area contributed by atoms with Gasteiger partial charge in [0.05, 0.1) is 22.9 Å². The fourth-order valence-electron chi connectivity index (χ4n) is 4.29. The Kier molecular flexibility index (Phi) is 6.06. The highest BCUT2D eigenvalue weighted by atomic mass is 35.5. The van der Waals surface area contributed by atoms with E-state index in [1.54, 1.807) is 19.1 Å². The summed E-state index contributed by atoms with van der Waals surface area (Å²) in [6, 6.07) is 15.0. The number of esters is 1. The van der Waals surface area contributed by atoms with Crippen LogP contribution in [0.1, 0.15) is 49.4 Å². The summed E-state index contributed by atoms with van der Waals surface area (Å²) in [6.07, 6.45) is 5.31. The molecule has 7 heteroatoms. The van der Waals surface area contributed by atoms with E-state index in [1.165, 1.54) is 6.42 Å². The van der Waals surface area contributed by atoms with Gasteiger partial charge in [0.2, 0.25) is 5.11 Å². The highest BCUT2D eigenvalue weighted by Crippen LogP contribution is 2.44. The zero-order valence-corrected chi connectivity index (χ0v) is 18.4. The van der Waals surface area contributed by atoms with Crippen LogP contribution in [-0.2, 0) is 4.74 Å². The van der Waals surface area contributed by atoms with Crippen LogP contribution in [-0.4, -0.2) is 29.1 Å². The van der Waals surface area contributed by atoms with Crippen LogP contribution in [0.4, 0.5) is 11.4 Å². The molecule has 156 valence electrons. The molecule has 0 amide bonds. The number of carbonyl (C=O) groups excluding carboxylic acids is 1. The lowest BCUT2D eigenvalue weighted by atomic mass is 9.79. The third-order valence-corrected chi connectivity index (χ3v) is 6.29. The maximum atomic E-state index is 11.9. The Labute approximate surface area is 187 Å². The van der Waals surface area contributed by atoms with Crippen LogP contribution < -0.4 is 10.2 Å². The first-order chi connectivity index (χ1) is 14.5. The van der Waals surface area contributed by atoms with E-state index in [2.05, 4.69) is 10.2 Å². The molecule has 1 N–H and O–H groups in total. The minimum Gasteiger partial charge on any atom is -0.462 e. The fraction of sp³-hybridized carbons (Fsp3) is 0.348. The van der Waals surface area contributed by atoms with E-state index in [4.69, 9.17) is 33.5 Å². The summed E-state index contributed by atoms with van der Waals surface area (Å²) in [4.78, 5) is 18.8. The molecule has 1 heterocycles. The molecule has 2 aliphatic rings. The van der Waals surface area contributed by atoms with Crippen molar-refractivity contribution in [1.82, 2.24) is 0 Å². The average Bonchev–Trinajstić information content (AvgIpc) is 3.00. The number of nitrogens with one attached hydrogen (secondary N) is 1. The first-order valence-corrected chi connectivity index (χ1v) is 11.1. The van der Waals surface area contributed by atoms with Crippen LogP contribution in [0.5, 0.6) is 0 Å². The zero-order valence-electron chi connectivity index (χ0n) is 16.9. The average molecular weight is 442 g/mol. The Hall–Kier alpha value is -2.44. The minimum atomic E-state index is -0.333. The molecule has 1 aliphatic carbocycles. The lowest BCUT2D eigenvalue weighted by molar-refractivity contribution is 0.0526. The molecule has 1 saturated carbocycles. The number of aliphatic imine (C=N–C) groups is 1. The van der Waals surface area contributed by atoms with Crippen molar-refractivity contribution < 1.29 is 9.53 Å². The third kappa shape index (κ3) is 3.82. The number of anilines is 2. The molecule has 1 spiro atoms. The molecule has 4 rings (SSSR count). The van der Waals surface area contributed by atoms with Gasteiger partial charge in [-0.05, 0) is 68.4 Å². The lowest BCUT2D eigenvalue weighted by Gasteiger charge is -2.43. The van der Waals surface area contributed by atoms with Gasteiger partial charge in [0.25, 0.3) is 0 Å². The van der Waals surface area contributed by atoms with Gasteiger partial charge in [-0.3, -0.25) is 0 Å². The van der Waals surface area contributed by atoms with Gasteiger partial charge in [-0.15, -0.1) is 0 Å². The van der Waals surface area contributed by atoms with Gasteiger partial charge in [-0.1, -0.05) is 43.0 Å². The summed E-state index contributed by atoms with van der Waals surface area (Å²) in [7, 11) is 0. The van der Waals surface area contributed by atoms with E-state index in [9.17, 15) is 4.79 Å². The quantitative estimate of drug-likeness (QED) is 0.477.